The maximum Gasteiger partial charge on any atom is 0.234 e. The van der Waals surface area contributed by atoms with E-state index in [1.54, 1.807) is 29.5 Å². The topological polar surface area (TPSA) is 54.9 Å². The maximum absolute atomic E-state index is 12.4. The van der Waals surface area contributed by atoms with E-state index in [0.29, 0.717) is 21.6 Å². The Bertz CT molecular complexity index is 1180. The van der Waals surface area contributed by atoms with Crippen LogP contribution in [-0.4, -0.2) is 21.6 Å². The summed E-state index contributed by atoms with van der Waals surface area (Å²) in [6.45, 7) is 1.86. The minimum Gasteiger partial charge on any atom is -0.323 e. The Kier molecular flexibility index (Phi) is 6.06. The summed E-state index contributed by atoms with van der Waals surface area (Å²) in [5.74, 6) is 0.660. The minimum absolute atomic E-state index is 0.184. The van der Waals surface area contributed by atoms with Crippen LogP contribution in [0.1, 0.15) is 5.82 Å². The van der Waals surface area contributed by atoms with Crippen LogP contribution < -0.4 is 5.32 Å². The van der Waals surface area contributed by atoms with Crippen molar-refractivity contribution in [1.29, 1.82) is 0 Å². The van der Waals surface area contributed by atoms with E-state index < -0.39 is 0 Å². The van der Waals surface area contributed by atoms with Gasteiger partial charge in [-0.1, -0.05) is 71.4 Å². The first-order valence-electron chi connectivity index (χ1n) is 8.71. The van der Waals surface area contributed by atoms with Crippen LogP contribution in [0.3, 0.4) is 0 Å². The van der Waals surface area contributed by atoms with Crippen molar-refractivity contribution in [3.63, 3.8) is 0 Å². The molecule has 29 heavy (non-hydrogen) atoms. The number of carbonyl (C=O) groups excluding carboxylic acids is 1. The minimum atomic E-state index is -0.201. The number of halogens is 2. The Balaban J connectivity index is 1.56. The molecule has 2 aromatic carbocycles. The van der Waals surface area contributed by atoms with Gasteiger partial charge in [-0.25, -0.2) is 9.97 Å². The lowest BCUT2D eigenvalue weighted by Gasteiger charge is -2.09. The third-order valence-corrected chi connectivity index (χ3v) is 6.79. The average Bonchev–Trinajstić information content (AvgIpc) is 3.14. The van der Waals surface area contributed by atoms with Gasteiger partial charge in [-0.3, -0.25) is 4.79 Å². The van der Waals surface area contributed by atoms with Crippen molar-refractivity contribution in [2.24, 2.45) is 0 Å². The predicted molar refractivity (Wildman–Crippen MR) is 123 cm³/mol. The zero-order chi connectivity index (χ0) is 20.4. The first-order valence-corrected chi connectivity index (χ1v) is 11.3. The van der Waals surface area contributed by atoms with Gasteiger partial charge in [0.05, 0.1) is 21.5 Å². The predicted octanol–water partition coefficient (Wildman–Crippen LogP) is 6.70. The molecule has 1 amide bonds. The lowest BCUT2D eigenvalue weighted by Crippen LogP contribution is -2.14. The van der Waals surface area contributed by atoms with Crippen LogP contribution >= 0.6 is 46.3 Å². The molecule has 2 heterocycles. The van der Waals surface area contributed by atoms with E-state index >= 15 is 0 Å². The normalized spacial score (nSPS) is 11.0. The number of amides is 1. The first-order chi connectivity index (χ1) is 14.0. The number of anilines is 1. The molecule has 0 aliphatic heterocycles. The number of thiophene rings is 1. The number of benzene rings is 2. The van der Waals surface area contributed by atoms with Gasteiger partial charge in [0.1, 0.15) is 15.7 Å². The van der Waals surface area contributed by atoms with E-state index in [9.17, 15) is 4.79 Å². The molecule has 1 N–H and O–H groups in total. The maximum atomic E-state index is 12.4. The lowest BCUT2D eigenvalue weighted by atomic mass is 10.2. The number of fused-ring (bicyclic) bond motifs is 1. The summed E-state index contributed by atoms with van der Waals surface area (Å²) in [7, 11) is 0. The number of aryl methyl sites for hydroxylation is 1. The summed E-state index contributed by atoms with van der Waals surface area (Å²) >= 11 is 15.2. The van der Waals surface area contributed by atoms with Crippen LogP contribution in [0.4, 0.5) is 5.69 Å². The molecule has 0 atom stereocenters. The number of para-hydroxylation sites is 1. The summed E-state index contributed by atoms with van der Waals surface area (Å²) in [6, 6.07) is 17.3. The van der Waals surface area contributed by atoms with Gasteiger partial charge in [-0.15, -0.1) is 11.3 Å². The first kappa shape index (κ1) is 20.2. The van der Waals surface area contributed by atoms with E-state index in [-0.39, 0.29) is 11.7 Å². The summed E-state index contributed by atoms with van der Waals surface area (Å²) in [5, 5.41) is 5.32. The second-order valence-corrected chi connectivity index (χ2v) is 9.01. The van der Waals surface area contributed by atoms with Crippen LogP contribution in [0.5, 0.6) is 0 Å². The highest BCUT2D eigenvalue weighted by molar-refractivity contribution is 8.00. The molecule has 0 aliphatic carbocycles. The molecule has 0 spiro atoms. The van der Waals surface area contributed by atoms with Crippen LogP contribution in [-0.2, 0) is 4.79 Å². The summed E-state index contributed by atoms with van der Waals surface area (Å²) in [4.78, 5) is 23.6. The van der Waals surface area contributed by atoms with Crippen molar-refractivity contribution in [2.75, 3.05) is 11.1 Å². The fraction of sp³-hybridized carbons (Fsp3) is 0.0952. The van der Waals surface area contributed by atoms with Crippen molar-refractivity contribution in [3.8, 4) is 10.4 Å². The van der Waals surface area contributed by atoms with Crippen molar-refractivity contribution < 1.29 is 4.79 Å². The third kappa shape index (κ3) is 4.56. The van der Waals surface area contributed by atoms with Gasteiger partial charge >= 0.3 is 0 Å². The van der Waals surface area contributed by atoms with Gasteiger partial charge in [0.15, 0.2) is 0 Å². The van der Waals surface area contributed by atoms with Gasteiger partial charge < -0.3 is 5.32 Å². The number of carbonyl (C=O) groups is 1. The Morgan fingerprint density at radius 1 is 1.07 bits per heavy atom. The standard InChI is InChI=1S/C21H15Cl2N3OS2/c1-12-24-20(28-11-18(27)26-19-15(22)8-5-9-16(19)23)14-10-17(29-21(14)25-12)13-6-3-2-4-7-13/h2-10H,11H2,1H3,(H,26,27). The Morgan fingerprint density at radius 3 is 2.52 bits per heavy atom. The molecule has 0 saturated heterocycles. The largest absolute Gasteiger partial charge is 0.323 e. The Hall–Kier alpha value is -2.12. The molecular formula is C21H15Cl2N3OS2. The van der Waals surface area contributed by atoms with Gasteiger partial charge in [0.2, 0.25) is 5.91 Å². The number of thioether (sulfide) groups is 1. The van der Waals surface area contributed by atoms with E-state index in [4.69, 9.17) is 23.2 Å². The van der Waals surface area contributed by atoms with Gasteiger partial charge in [-0.05, 0) is 30.7 Å². The number of hydrogen-bond donors (Lipinski definition) is 1. The molecule has 0 fully saturated rings. The number of aromatic nitrogens is 2. The summed E-state index contributed by atoms with van der Waals surface area (Å²) in [6.07, 6.45) is 0. The fourth-order valence-electron chi connectivity index (χ4n) is 2.78. The molecular weight excluding hydrogens is 445 g/mol. The SMILES string of the molecule is Cc1nc(SCC(=O)Nc2c(Cl)cccc2Cl)c2cc(-c3ccccc3)sc2n1. The highest BCUT2D eigenvalue weighted by Gasteiger charge is 2.15. The summed E-state index contributed by atoms with van der Waals surface area (Å²) < 4.78 is 0. The molecule has 0 unspecified atom stereocenters. The van der Waals surface area contributed by atoms with Crippen LogP contribution in [0, 0.1) is 6.92 Å². The monoisotopic (exact) mass is 459 g/mol. The highest BCUT2D eigenvalue weighted by atomic mass is 35.5. The quantitative estimate of drug-likeness (QED) is 0.266. The number of nitrogens with zero attached hydrogens (tertiary/aromatic N) is 2. The molecule has 2 aromatic heterocycles. The lowest BCUT2D eigenvalue weighted by molar-refractivity contribution is -0.113. The van der Waals surface area contributed by atoms with E-state index in [1.165, 1.54) is 11.8 Å². The molecule has 0 aliphatic rings. The Morgan fingerprint density at radius 2 is 1.79 bits per heavy atom. The van der Waals surface area contributed by atoms with Gasteiger partial charge in [0, 0.05) is 10.3 Å². The second-order valence-electron chi connectivity index (χ2n) is 6.20. The van der Waals surface area contributed by atoms with Crippen LogP contribution in [0.25, 0.3) is 20.7 Å². The fourth-order valence-corrected chi connectivity index (χ4v) is 5.26. The average molecular weight is 460 g/mol. The zero-order valence-corrected chi connectivity index (χ0v) is 18.4. The van der Waals surface area contributed by atoms with E-state index in [2.05, 4.69) is 33.5 Å². The van der Waals surface area contributed by atoms with Crippen molar-refractivity contribution in [2.45, 2.75) is 11.9 Å². The molecule has 4 rings (SSSR count). The van der Waals surface area contributed by atoms with E-state index in [0.717, 1.165) is 25.7 Å². The molecule has 0 radical (unpaired) electrons. The highest BCUT2D eigenvalue weighted by Crippen LogP contribution is 2.37. The number of rotatable bonds is 5. The van der Waals surface area contributed by atoms with E-state index in [1.807, 2.05) is 25.1 Å². The molecule has 146 valence electrons. The van der Waals surface area contributed by atoms with Crippen LogP contribution in [0.2, 0.25) is 10.0 Å². The Labute approximate surface area is 186 Å². The van der Waals surface area contributed by atoms with Gasteiger partial charge in [0.25, 0.3) is 0 Å². The molecule has 4 nitrogen and oxygen atoms in total. The van der Waals surface area contributed by atoms with Crippen molar-refractivity contribution in [3.05, 3.63) is 70.5 Å². The zero-order valence-electron chi connectivity index (χ0n) is 15.3. The van der Waals surface area contributed by atoms with Crippen molar-refractivity contribution >= 4 is 68.1 Å². The van der Waals surface area contributed by atoms with Gasteiger partial charge in [-0.2, -0.15) is 0 Å². The number of nitrogens with one attached hydrogen (secondary N) is 1. The molecule has 8 heteroatoms. The smallest absolute Gasteiger partial charge is 0.234 e. The second kappa shape index (κ2) is 8.71. The molecule has 4 aromatic rings. The number of hydrogen-bond acceptors (Lipinski definition) is 5. The molecule has 0 bridgehead atoms. The third-order valence-electron chi connectivity index (χ3n) is 4.10. The van der Waals surface area contributed by atoms with Crippen LogP contribution in [0.15, 0.2) is 59.6 Å². The van der Waals surface area contributed by atoms with Crippen molar-refractivity contribution in [1.82, 2.24) is 9.97 Å². The summed E-state index contributed by atoms with van der Waals surface area (Å²) in [5.41, 5.74) is 1.56. The molecule has 0 saturated carbocycles.